The highest BCUT2D eigenvalue weighted by Crippen LogP contribution is 2.28. The van der Waals surface area contributed by atoms with Crippen molar-refractivity contribution in [2.75, 3.05) is 20.3 Å². The number of carbonyl (C=O) groups is 1. The lowest BCUT2D eigenvalue weighted by Gasteiger charge is -2.31. The Kier molecular flexibility index (Phi) is 3.89. The smallest absolute Gasteiger partial charge is 0.245 e. The van der Waals surface area contributed by atoms with Crippen molar-refractivity contribution >= 4 is 5.91 Å². The molecule has 0 unspecified atom stereocenters. The zero-order chi connectivity index (χ0) is 15.7. The SMILES string of the molecule is COCCN1Cc2nnc(-c3ccc(F)cc3)n2[C@@H](C)C1=O. The van der Waals surface area contributed by atoms with Crippen LogP contribution in [-0.4, -0.2) is 45.8 Å². The van der Waals surface area contributed by atoms with Gasteiger partial charge in [-0.2, -0.15) is 0 Å². The molecule has 1 aromatic heterocycles. The molecule has 1 aliphatic heterocycles. The Bertz CT molecular complexity index is 683. The fraction of sp³-hybridized carbons (Fsp3) is 0.400. The van der Waals surface area contributed by atoms with Gasteiger partial charge in [-0.25, -0.2) is 4.39 Å². The Morgan fingerprint density at radius 2 is 2.05 bits per heavy atom. The first kappa shape index (κ1) is 14.6. The number of amides is 1. The molecule has 7 heteroatoms. The van der Waals surface area contributed by atoms with Gasteiger partial charge in [0.25, 0.3) is 0 Å². The van der Waals surface area contributed by atoms with E-state index in [-0.39, 0.29) is 11.7 Å². The molecule has 0 N–H and O–H groups in total. The molecule has 0 spiro atoms. The summed E-state index contributed by atoms with van der Waals surface area (Å²) < 4.78 is 19.9. The van der Waals surface area contributed by atoms with Gasteiger partial charge in [0.1, 0.15) is 11.9 Å². The van der Waals surface area contributed by atoms with E-state index in [0.717, 1.165) is 11.4 Å². The zero-order valence-electron chi connectivity index (χ0n) is 12.5. The van der Waals surface area contributed by atoms with Gasteiger partial charge in [-0.05, 0) is 31.2 Å². The van der Waals surface area contributed by atoms with Crippen LogP contribution >= 0.6 is 0 Å². The lowest BCUT2D eigenvalue weighted by molar-refractivity contribution is -0.137. The molecule has 0 saturated heterocycles. The van der Waals surface area contributed by atoms with Crippen molar-refractivity contribution in [3.8, 4) is 11.4 Å². The predicted molar refractivity (Wildman–Crippen MR) is 77.4 cm³/mol. The van der Waals surface area contributed by atoms with E-state index in [9.17, 15) is 9.18 Å². The Labute approximate surface area is 127 Å². The second-order valence-electron chi connectivity index (χ2n) is 5.25. The number of benzene rings is 1. The molecule has 1 aliphatic rings. The van der Waals surface area contributed by atoms with Gasteiger partial charge in [-0.15, -0.1) is 10.2 Å². The lowest BCUT2D eigenvalue weighted by Crippen LogP contribution is -2.43. The molecular weight excluding hydrogens is 287 g/mol. The highest BCUT2D eigenvalue weighted by molar-refractivity contribution is 5.82. The molecule has 0 aliphatic carbocycles. The van der Waals surface area contributed by atoms with Crippen molar-refractivity contribution in [3.63, 3.8) is 0 Å². The molecule has 22 heavy (non-hydrogen) atoms. The van der Waals surface area contributed by atoms with E-state index in [0.29, 0.717) is 25.5 Å². The van der Waals surface area contributed by atoms with Crippen LogP contribution in [0.25, 0.3) is 11.4 Å². The van der Waals surface area contributed by atoms with Crippen LogP contribution in [0.4, 0.5) is 4.39 Å². The third-order valence-corrected chi connectivity index (χ3v) is 3.82. The number of rotatable bonds is 4. The Balaban J connectivity index is 1.95. The highest BCUT2D eigenvalue weighted by atomic mass is 19.1. The molecule has 6 nitrogen and oxygen atoms in total. The molecule has 1 atom stereocenters. The number of ether oxygens (including phenoxy) is 1. The first-order valence-corrected chi connectivity index (χ1v) is 7.09. The first-order valence-electron chi connectivity index (χ1n) is 7.09. The Morgan fingerprint density at radius 3 is 2.73 bits per heavy atom. The molecular formula is C15H17FN4O2. The van der Waals surface area contributed by atoms with Gasteiger partial charge in [-0.3, -0.25) is 9.36 Å². The molecule has 0 bridgehead atoms. The van der Waals surface area contributed by atoms with Crippen LogP contribution in [0.2, 0.25) is 0 Å². The van der Waals surface area contributed by atoms with Crippen LogP contribution in [0.3, 0.4) is 0 Å². The molecule has 0 radical (unpaired) electrons. The second kappa shape index (κ2) is 5.84. The molecule has 0 fully saturated rings. The summed E-state index contributed by atoms with van der Waals surface area (Å²) in [6.45, 7) is 3.23. The van der Waals surface area contributed by atoms with Crippen molar-refractivity contribution in [1.29, 1.82) is 0 Å². The Morgan fingerprint density at radius 1 is 1.32 bits per heavy atom. The fourth-order valence-corrected chi connectivity index (χ4v) is 2.65. The normalized spacial score (nSPS) is 17.7. The van der Waals surface area contributed by atoms with E-state index < -0.39 is 6.04 Å². The van der Waals surface area contributed by atoms with E-state index in [1.54, 1.807) is 24.1 Å². The number of fused-ring (bicyclic) bond motifs is 1. The molecule has 2 heterocycles. The monoisotopic (exact) mass is 304 g/mol. The molecule has 3 rings (SSSR count). The third-order valence-electron chi connectivity index (χ3n) is 3.82. The summed E-state index contributed by atoms with van der Waals surface area (Å²) in [6.07, 6.45) is 0. The lowest BCUT2D eigenvalue weighted by atomic mass is 10.1. The van der Waals surface area contributed by atoms with Crippen LogP contribution < -0.4 is 0 Å². The number of hydrogen-bond donors (Lipinski definition) is 0. The van der Waals surface area contributed by atoms with Gasteiger partial charge < -0.3 is 9.64 Å². The summed E-state index contributed by atoms with van der Waals surface area (Å²) in [6, 6.07) is 5.63. The van der Waals surface area contributed by atoms with E-state index in [4.69, 9.17) is 4.74 Å². The molecule has 116 valence electrons. The van der Waals surface area contributed by atoms with Gasteiger partial charge in [0.05, 0.1) is 13.2 Å². The maximum absolute atomic E-state index is 13.1. The van der Waals surface area contributed by atoms with Crippen molar-refractivity contribution < 1.29 is 13.9 Å². The summed E-state index contributed by atoms with van der Waals surface area (Å²) in [5.74, 6) is 1.01. The average Bonchev–Trinajstić information content (AvgIpc) is 2.94. The molecule has 2 aromatic rings. The number of hydrogen-bond acceptors (Lipinski definition) is 4. The minimum Gasteiger partial charge on any atom is -0.383 e. The van der Waals surface area contributed by atoms with Gasteiger partial charge in [-0.1, -0.05) is 0 Å². The average molecular weight is 304 g/mol. The fourth-order valence-electron chi connectivity index (χ4n) is 2.65. The van der Waals surface area contributed by atoms with Crippen molar-refractivity contribution in [2.24, 2.45) is 0 Å². The Hall–Kier alpha value is -2.28. The number of nitrogens with zero attached hydrogens (tertiary/aromatic N) is 4. The minimum absolute atomic E-state index is 0.00714. The second-order valence-corrected chi connectivity index (χ2v) is 5.25. The first-order chi connectivity index (χ1) is 10.6. The van der Waals surface area contributed by atoms with Crippen LogP contribution in [0.15, 0.2) is 24.3 Å². The van der Waals surface area contributed by atoms with Crippen LogP contribution in [-0.2, 0) is 16.1 Å². The number of carbonyl (C=O) groups excluding carboxylic acids is 1. The predicted octanol–water partition coefficient (Wildman–Crippen LogP) is 1.63. The quantitative estimate of drug-likeness (QED) is 0.861. The van der Waals surface area contributed by atoms with Crippen LogP contribution in [0.5, 0.6) is 0 Å². The van der Waals surface area contributed by atoms with Gasteiger partial charge in [0, 0.05) is 19.2 Å². The summed E-state index contributed by atoms with van der Waals surface area (Å²) in [5.41, 5.74) is 0.741. The van der Waals surface area contributed by atoms with Crippen LogP contribution in [0.1, 0.15) is 18.8 Å². The topological polar surface area (TPSA) is 60.2 Å². The summed E-state index contributed by atoms with van der Waals surface area (Å²) in [5, 5.41) is 8.36. The van der Waals surface area contributed by atoms with Crippen molar-refractivity contribution in [1.82, 2.24) is 19.7 Å². The largest absolute Gasteiger partial charge is 0.383 e. The zero-order valence-corrected chi connectivity index (χ0v) is 12.5. The van der Waals surface area contributed by atoms with Gasteiger partial charge in [0.2, 0.25) is 5.91 Å². The summed E-state index contributed by atoms with van der Waals surface area (Å²) in [7, 11) is 1.60. The maximum atomic E-state index is 13.1. The van der Waals surface area contributed by atoms with Crippen molar-refractivity contribution in [3.05, 3.63) is 35.9 Å². The van der Waals surface area contributed by atoms with Crippen molar-refractivity contribution in [2.45, 2.75) is 19.5 Å². The maximum Gasteiger partial charge on any atom is 0.245 e. The van der Waals surface area contributed by atoms with Gasteiger partial charge >= 0.3 is 0 Å². The third kappa shape index (κ3) is 2.48. The summed E-state index contributed by atoms with van der Waals surface area (Å²) >= 11 is 0. The highest BCUT2D eigenvalue weighted by Gasteiger charge is 2.33. The summed E-state index contributed by atoms with van der Waals surface area (Å²) in [4.78, 5) is 14.2. The number of aromatic nitrogens is 3. The molecule has 1 aromatic carbocycles. The van der Waals surface area contributed by atoms with E-state index in [1.807, 2.05) is 11.5 Å². The van der Waals surface area contributed by atoms with E-state index >= 15 is 0 Å². The molecule has 0 saturated carbocycles. The van der Waals surface area contributed by atoms with Crippen LogP contribution in [0, 0.1) is 5.82 Å². The minimum atomic E-state index is -0.393. The number of halogens is 1. The number of methoxy groups -OCH3 is 1. The standard InChI is InChI=1S/C15H17FN4O2/c1-10-15(21)19(7-8-22-2)9-13-17-18-14(20(10)13)11-3-5-12(16)6-4-11/h3-6,10H,7-9H2,1-2H3/t10-/m0/s1. The molecule has 1 amide bonds. The van der Waals surface area contributed by atoms with Gasteiger partial charge in [0.15, 0.2) is 11.6 Å². The van der Waals surface area contributed by atoms with E-state index in [2.05, 4.69) is 10.2 Å². The van der Waals surface area contributed by atoms with E-state index in [1.165, 1.54) is 12.1 Å².